The molecule has 0 amide bonds. The van der Waals surface area contributed by atoms with Crippen LogP contribution in [0.2, 0.25) is 0 Å². The molecule has 4 aliphatic rings. The average molecular weight is 548 g/mol. The Labute approximate surface area is 215 Å². The third-order valence-corrected chi connectivity index (χ3v) is 5.91. The zero-order valence-electron chi connectivity index (χ0n) is 20.4. The van der Waals surface area contributed by atoms with Gasteiger partial charge in [-0.1, -0.05) is 6.92 Å². The van der Waals surface area contributed by atoms with Crippen molar-refractivity contribution in [2.45, 2.75) is 68.9 Å². The maximum absolute atomic E-state index is 12.5. The summed E-state index contributed by atoms with van der Waals surface area (Å²) in [6.07, 6.45) is -8.09. The van der Waals surface area contributed by atoms with Crippen molar-refractivity contribution < 1.29 is 76.1 Å². The van der Waals surface area contributed by atoms with Gasteiger partial charge in [-0.05, 0) is 6.42 Å². The smallest absolute Gasteiger partial charge is 0.463 e. The highest BCUT2D eigenvalue weighted by molar-refractivity contribution is 5.72. The van der Waals surface area contributed by atoms with Crippen molar-refractivity contribution in [3.05, 3.63) is 0 Å². The van der Waals surface area contributed by atoms with E-state index in [0.717, 1.165) is 0 Å². The lowest BCUT2D eigenvalue weighted by Crippen LogP contribution is -2.35. The zero-order valence-corrected chi connectivity index (χ0v) is 20.4. The molecule has 0 aromatic carbocycles. The average Bonchev–Trinajstić information content (AvgIpc) is 3.64. The predicted octanol–water partition coefficient (Wildman–Crippen LogP) is 1.00. The van der Waals surface area contributed by atoms with E-state index in [1.165, 1.54) is 0 Å². The van der Waals surface area contributed by atoms with Gasteiger partial charge in [-0.15, -0.1) is 0 Å². The van der Waals surface area contributed by atoms with Gasteiger partial charge in [0.1, 0.15) is 44.2 Å². The summed E-state index contributed by atoms with van der Waals surface area (Å²) in [5.74, 6) is -0.715. The fourth-order valence-electron chi connectivity index (χ4n) is 4.02. The molecule has 4 heterocycles. The lowest BCUT2D eigenvalue weighted by atomic mass is 10.00. The van der Waals surface area contributed by atoms with Crippen molar-refractivity contribution in [2.24, 2.45) is 0 Å². The molecule has 4 aliphatic heterocycles. The van der Waals surface area contributed by atoms with Gasteiger partial charge >= 0.3 is 30.6 Å². The number of ether oxygens (including phenoxy) is 11. The second kappa shape index (κ2) is 12.8. The molecule has 7 atom stereocenters. The number of esters is 1. The Morgan fingerprint density at radius 1 is 0.763 bits per heavy atom. The van der Waals surface area contributed by atoms with Crippen molar-refractivity contribution in [3.63, 3.8) is 0 Å². The van der Waals surface area contributed by atoms with E-state index in [9.17, 15) is 24.0 Å². The molecular formula is C22H28O16. The van der Waals surface area contributed by atoms with Gasteiger partial charge < -0.3 is 52.1 Å². The molecule has 212 valence electrons. The van der Waals surface area contributed by atoms with E-state index < -0.39 is 73.3 Å². The minimum atomic E-state index is -0.963. The van der Waals surface area contributed by atoms with E-state index in [1.54, 1.807) is 0 Å². The van der Waals surface area contributed by atoms with Gasteiger partial charge in [0.2, 0.25) is 0 Å². The Kier molecular flexibility index (Phi) is 9.28. The molecular weight excluding hydrogens is 520 g/mol. The van der Waals surface area contributed by atoms with Crippen LogP contribution < -0.4 is 0 Å². The quantitative estimate of drug-likeness (QED) is 0.221. The molecule has 4 rings (SSSR count). The molecule has 0 N–H and O–H groups in total. The van der Waals surface area contributed by atoms with Crippen molar-refractivity contribution in [3.8, 4) is 0 Å². The fourth-order valence-corrected chi connectivity index (χ4v) is 4.02. The summed E-state index contributed by atoms with van der Waals surface area (Å²) in [7, 11) is 0. The molecule has 0 aromatic rings. The van der Waals surface area contributed by atoms with E-state index in [-0.39, 0.29) is 52.5 Å². The van der Waals surface area contributed by atoms with Crippen LogP contribution in [0.1, 0.15) is 26.2 Å². The Morgan fingerprint density at radius 3 is 1.95 bits per heavy atom. The largest absolute Gasteiger partial charge is 0.509 e. The van der Waals surface area contributed by atoms with Crippen molar-refractivity contribution in [2.75, 3.05) is 39.6 Å². The second-order valence-corrected chi connectivity index (χ2v) is 8.75. The Balaban J connectivity index is 1.24. The Hall–Kier alpha value is -3.53. The van der Waals surface area contributed by atoms with Crippen molar-refractivity contribution in [1.82, 2.24) is 0 Å². The van der Waals surface area contributed by atoms with Gasteiger partial charge in [0, 0.05) is 6.42 Å². The van der Waals surface area contributed by atoms with E-state index in [1.807, 2.05) is 6.92 Å². The van der Waals surface area contributed by atoms with Crippen molar-refractivity contribution in [1.29, 1.82) is 0 Å². The van der Waals surface area contributed by atoms with Gasteiger partial charge in [-0.25, -0.2) is 19.2 Å². The number of hydrogen-bond donors (Lipinski definition) is 0. The summed E-state index contributed by atoms with van der Waals surface area (Å²) in [5, 5.41) is 0. The van der Waals surface area contributed by atoms with Gasteiger partial charge in [0.15, 0.2) is 18.3 Å². The standard InChI is InChI=1S/C22H28O16/c1-2-14-15(36-21(26)35-14)3-16-17(38-22(27)37-16)4-18(23)30-7-11(29-8-13-10-32-20(25)34-13)5-28-6-12-9-31-19(24)33-12/h11-17H,2-10H2,1H3. The number of carbonyl (C=O) groups is 5. The van der Waals surface area contributed by atoms with E-state index in [2.05, 4.69) is 4.74 Å². The third-order valence-electron chi connectivity index (χ3n) is 5.91. The third kappa shape index (κ3) is 7.74. The predicted molar refractivity (Wildman–Crippen MR) is 114 cm³/mol. The van der Waals surface area contributed by atoms with Gasteiger partial charge in [0.25, 0.3) is 0 Å². The van der Waals surface area contributed by atoms with Crippen molar-refractivity contribution >= 4 is 30.6 Å². The molecule has 0 aromatic heterocycles. The molecule has 38 heavy (non-hydrogen) atoms. The molecule has 7 unspecified atom stereocenters. The second-order valence-electron chi connectivity index (χ2n) is 8.75. The summed E-state index contributed by atoms with van der Waals surface area (Å²) in [5.41, 5.74) is 0. The summed E-state index contributed by atoms with van der Waals surface area (Å²) in [6, 6.07) is 0. The maximum atomic E-state index is 12.5. The first-order valence-electron chi connectivity index (χ1n) is 12.0. The zero-order chi connectivity index (χ0) is 27.1. The van der Waals surface area contributed by atoms with Gasteiger partial charge in [0.05, 0.1) is 26.2 Å². The first kappa shape index (κ1) is 27.5. The highest BCUT2D eigenvalue weighted by Crippen LogP contribution is 2.29. The fraction of sp³-hybridized carbons (Fsp3) is 0.773. The first-order chi connectivity index (χ1) is 18.3. The lowest BCUT2D eigenvalue weighted by Gasteiger charge is -2.21. The Bertz CT molecular complexity index is 891. The molecule has 4 fully saturated rings. The number of rotatable bonds is 14. The number of cyclic esters (lactones) is 8. The van der Waals surface area contributed by atoms with Crippen LogP contribution >= 0.6 is 0 Å². The molecule has 0 aliphatic carbocycles. The minimum Gasteiger partial charge on any atom is -0.463 e. The Morgan fingerprint density at radius 2 is 1.34 bits per heavy atom. The topological polar surface area (TPSA) is 187 Å². The number of carbonyl (C=O) groups excluding carboxylic acids is 5. The number of hydrogen-bond acceptors (Lipinski definition) is 16. The maximum Gasteiger partial charge on any atom is 0.509 e. The van der Waals surface area contributed by atoms with Crippen LogP contribution in [0.3, 0.4) is 0 Å². The summed E-state index contributed by atoms with van der Waals surface area (Å²) in [4.78, 5) is 57.9. The molecule has 0 radical (unpaired) electrons. The summed E-state index contributed by atoms with van der Waals surface area (Å²) in [6.45, 7) is 1.53. The summed E-state index contributed by atoms with van der Waals surface area (Å²) >= 11 is 0. The molecule has 0 spiro atoms. The molecule has 0 bridgehead atoms. The highest BCUT2D eigenvalue weighted by atomic mass is 16.8. The lowest BCUT2D eigenvalue weighted by molar-refractivity contribution is -0.153. The molecule has 0 saturated carbocycles. The van der Waals surface area contributed by atoms with Crippen LogP contribution in [0.5, 0.6) is 0 Å². The van der Waals surface area contributed by atoms with Crippen LogP contribution in [-0.4, -0.2) is 113 Å². The monoisotopic (exact) mass is 548 g/mol. The first-order valence-corrected chi connectivity index (χ1v) is 12.0. The molecule has 4 saturated heterocycles. The minimum absolute atomic E-state index is 0.0102. The van der Waals surface area contributed by atoms with Crippen LogP contribution in [0.15, 0.2) is 0 Å². The van der Waals surface area contributed by atoms with E-state index >= 15 is 0 Å². The van der Waals surface area contributed by atoms with E-state index in [0.29, 0.717) is 6.42 Å². The SMILES string of the molecule is CCC1OC(=O)OC1CC1OC(=O)OC1CC(=O)OCC(COCC1COC(=O)O1)OCC1COC(=O)O1. The van der Waals surface area contributed by atoms with Crippen LogP contribution in [0.4, 0.5) is 19.2 Å². The summed E-state index contributed by atoms with van der Waals surface area (Å²) < 4.78 is 56.1. The van der Waals surface area contributed by atoms with Gasteiger partial charge in [-0.2, -0.15) is 0 Å². The van der Waals surface area contributed by atoms with Crippen LogP contribution in [0.25, 0.3) is 0 Å². The molecule has 16 nitrogen and oxygen atoms in total. The van der Waals surface area contributed by atoms with Gasteiger partial charge in [-0.3, -0.25) is 4.79 Å². The highest BCUT2D eigenvalue weighted by Gasteiger charge is 2.45. The van der Waals surface area contributed by atoms with Crippen LogP contribution in [-0.2, 0) is 56.9 Å². The molecule has 16 heteroatoms. The van der Waals surface area contributed by atoms with Crippen LogP contribution in [0, 0.1) is 0 Å². The van der Waals surface area contributed by atoms with E-state index in [4.69, 9.17) is 47.4 Å². The normalized spacial score (nSPS) is 30.8.